The van der Waals surface area contributed by atoms with E-state index in [0.717, 1.165) is 23.1 Å². The van der Waals surface area contributed by atoms with Crippen LogP contribution in [0.1, 0.15) is 60.8 Å². The molecule has 0 radical (unpaired) electrons. The third kappa shape index (κ3) is 7.61. The molecule has 11 nitrogen and oxygen atoms in total. The average Bonchev–Trinajstić information content (AvgIpc) is 2.99. The Kier molecular flexibility index (Phi) is 9.29. The van der Waals surface area contributed by atoms with Gasteiger partial charge in [-0.15, -0.1) is 0 Å². The van der Waals surface area contributed by atoms with Gasteiger partial charge in [0.25, 0.3) is 15.9 Å². The fraction of sp³-hybridized carbons (Fsp3) is 0.382. The smallest absolute Gasteiger partial charge is 0.264 e. The number of hydrogen-bond acceptors (Lipinski definition) is 9. The normalized spacial score (nSPS) is 16.4. The summed E-state index contributed by atoms with van der Waals surface area (Å²) in [7, 11) is -0.414. The number of rotatable bonds is 6. The Labute approximate surface area is 271 Å². The van der Waals surface area contributed by atoms with Crippen LogP contribution in [0.15, 0.2) is 65.8 Å². The lowest BCUT2D eigenvalue weighted by molar-refractivity contribution is 0.0549. The minimum Gasteiger partial charge on any atom is -0.475 e. The van der Waals surface area contributed by atoms with Crippen LogP contribution >= 0.6 is 0 Å². The largest absolute Gasteiger partial charge is 0.475 e. The van der Waals surface area contributed by atoms with Crippen molar-refractivity contribution < 1.29 is 17.9 Å². The van der Waals surface area contributed by atoms with Gasteiger partial charge in [-0.3, -0.25) is 9.78 Å². The Hall–Kier alpha value is -4.58. The number of benzene rings is 2. The van der Waals surface area contributed by atoms with Crippen LogP contribution in [0.3, 0.4) is 0 Å². The molecule has 2 aromatic carbocycles. The number of nitrogens with zero attached hydrogens (tertiary/aromatic N) is 6. The van der Waals surface area contributed by atoms with Crippen LogP contribution in [0.4, 0.5) is 11.8 Å². The summed E-state index contributed by atoms with van der Waals surface area (Å²) < 4.78 is 36.1. The predicted octanol–water partition coefficient (Wildman–Crippen LogP) is 5.65. The molecular weight excluding hydrogens is 602 g/mol. The lowest BCUT2D eigenvalue weighted by Gasteiger charge is -2.33. The van der Waals surface area contributed by atoms with E-state index in [-0.39, 0.29) is 46.8 Å². The number of aromatic nitrogens is 4. The third-order valence-electron chi connectivity index (χ3n) is 7.87. The molecule has 12 heteroatoms. The summed E-state index contributed by atoms with van der Waals surface area (Å²) in [6.45, 7) is 10.7. The van der Waals surface area contributed by atoms with Gasteiger partial charge in [-0.1, -0.05) is 45.0 Å². The van der Waals surface area contributed by atoms with Gasteiger partial charge in [-0.25, -0.2) is 23.1 Å². The van der Waals surface area contributed by atoms with Gasteiger partial charge in [0, 0.05) is 31.3 Å². The molecule has 3 heterocycles. The highest BCUT2D eigenvalue weighted by atomic mass is 32.2. The maximum Gasteiger partial charge on any atom is 0.264 e. The van der Waals surface area contributed by atoms with E-state index in [9.17, 15) is 13.2 Å². The summed E-state index contributed by atoms with van der Waals surface area (Å²) in [6.07, 6.45) is 4.72. The number of sulfonamides is 1. The van der Waals surface area contributed by atoms with Gasteiger partial charge >= 0.3 is 0 Å². The van der Waals surface area contributed by atoms with Crippen molar-refractivity contribution in [3.8, 4) is 17.1 Å². The van der Waals surface area contributed by atoms with Crippen molar-refractivity contribution in [2.24, 2.45) is 5.41 Å². The van der Waals surface area contributed by atoms with E-state index in [4.69, 9.17) is 9.72 Å². The van der Waals surface area contributed by atoms with Crippen molar-refractivity contribution in [3.63, 3.8) is 0 Å². The van der Waals surface area contributed by atoms with E-state index in [1.54, 1.807) is 35.5 Å². The third-order valence-corrected chi connectivity index (χ3v) is 9.20. The SMILES string of the molecule is Cc1cccc(C)c1-c1cc2nc(n1)NS(=O)(=O)c1cccc(c1)C(=O)N(Cc1cncc(N(C)C)n1)[C@H](CCC(C)(C)C)CO2. The summed E-state index contributed by atoms with van der Waals surface area (Å²) in [4.78, 5) is 36.0. The van der Waals surface area contributed by atoms with Crippen molar-refractivity contribution in [1.82, 2.24) is 24.8 Å². The Bertz CT molecular complexity index is 1830. The van der Waals surface area contributed by atoms with Crippen LogP contribution in [0.5, 0.6) is 5.88 Å². The summed E-state index contributed by atoms with van der Waals surface area (Å²) in [6, 6.07) is 13.2. The highest BCUT2D eigenvalue weighted by Crippen LogP contribution is 2.31. The molecule has 4 aromatic rings. The maximum atomic E-state index is 14.4. The molecule has 4 bridgehead atoms. The van der Waals surface area contributed by atoms with E-state index in [1.807, 2.05) is 51.0 Å². The molecule has 0 unspecified atom stereocenters. The Morgan fingerprint density at radius 3 is 2.41 bits per heavy atom. The second-order valence-corrected chi connectivity index (χ2v) is 14.8. The number of nitrogens with one attached hydrogen (secondary N) is 1. The quantitative estimate of drug-likeness (QED) is 0.283. The second kappa shape index (κ2) is 13.0. The van der Waals surface area contributed by atoms with Gasteiger partial charge < -0.3 is 14.5 Å². The monoisotopic (exact) mass is 643 g/mol. The molecule has 0 spiro atoms. The van der Waals surface area contributed by atoms with Gasteiger partial charge in [0.1, 0.15) is 12.4 Å². The van der Waals surface area contributed by atoms with Gasteiger partial charge in [0.05, 0.1) is 41.3 Å². The van der Waals surface area contributed by atoms with Crippen LogP contribution in [0.25, 0.3) is 11.3 Å². The second-order valence-electron chi connectivity index (χ2n) is 13.1. The summed E-state index contributed by atoms with van der Waals surface area (Å²) in [5.41, 5.74) is 4.14. The van der Waals surface area contributed by atoms with Gasteiger partial charge in [-0.2, -0.15) is 4.98 Å². The fourth-order valence-electron chi connectivity index (χ4n) is 5.37. The zero-order valence-electron chi connectivity index (χ0n) is 27.4. The Morgan fingerprint density at radius 2 is 1.72 bits per heavy atom. The summed E-state index contributed by atoms with van der Waals surface area (Å²) in [5.74, 6) is 0.388. The van der Waals surface area contributed by atoms with Crippen molar-refractivity contribution in [2.75, 3.05) is 30.3 Å². The molecule has 0 aliphatic carbocycles. The maximum absolute atomic E-state index is 14.4. The number of hydrogen-bond donors (Lipinski definition) is 1. The number of anilines is 2. The first-order chi connectivity index (χ1) is 21.7. The van der Waals surface area contributed by atoms with Crippen LogP contribution in [-0.2, 0) is 16.6 Å². The number of carbonyl (C=O) groups excluding carboxylic acids is 1. The van der Waals surface area contributed by atoms with Crippen LogP contribution in [-0.4, -0.2) is 65.9 Å². The molecule has 242 valence electrons. The topological polar surface area (TPSA) is 131 Å². The molecule has 1 amide bonds. The predicted molar refractivity (Wildman–Crippen MR) is 178 cm³/mol. The van der Waals surface area contributed by atoms with E-state index in [2.05, 4.69) is 40.4 Å². The molecule has 2 aromatic heterocycles. The molecule has 1 aliphatic rings. The first-order valence-electron chi connectivity index (χ1n) is 15.2. The molecule has 1 atom stereocenters. The molecule has 1 aliphatic heterocycles. The zero-order valence-corrected chi connectivity index (χ0v) is 28.2. The lowest BCUT2D eigenvalue weighted by atomic mass is 9.88. The number of amides is 1. The van der Waals surface area contributed by atoms with Crippen LogP contribution < -0.4 is 14.4 Å². The molecule has 1 N–H and O–H groups in total. The van der Waals surface area contributed by atoms with Crippen LogP contribution in [0, 0.1) is 19.3 Å². The minimum absolute atomic E-state index is 0.0178. The van der Waals surface area contributed by atoms with Crippen molar-refractivity contribution >= 4 is 27.7 Å². The van der Waals surface area contributed by atoms with Gasteiger partial charge in [-0.05, 0) is 61.4 Å². The number of fused-ring (bicyclic) bond motifs is 4. The number of ether oxygens (including phenoxy) is 1. The molecule has 46 heavy (non-hydrogen) atoms. The Balaban J connectivity index is 1.66. The first kappa shape index (κ1) is 32.8. The van der Waals surface area contributed by atoms with Crippen molar-refractivity contribution in [1.29, 1.82) is 0 Å². The van der Waals surface area contributed by atoms with Gasteiger partial charge in [0.2, 0.25) is 11.8 Å². The van der Waals surface area contributed by atoms with E-state index >= 15 is 0 Å². The molecule has 0 fully saturated rings. The molecule has 5 rings (SSSR count). The van der Waals surface area contributed by atoms with Crippen LogP contribution in [0.2, 0.25) is 0 Å². The van der Waals surface area contributed by atoms with Crippen molar-refractivity contribution in [3.05, 3.63) is 83.3 Å². The lowest BCUT2D eigenvalue weighted by Crippen LogP contribution is -2.44. The van der Waals surface area contributed by atoms with E-state index in [1.165, 1.54) is 12.1 Å². The molecular formula is C34H41N7O4S. The minimum atomic E-state index is -4.17. The summed E-state index contributed by atoms with van der Waals surface area (Å²) >= 11 is 0. The average molecular weight is 644 g/mol. The zero-order chi connectivity index (χ0) is 33.2. The number of aryl methyl sites for hydroxylation is 2. The summed E-state index contributed by atoms with van der Waals surface area (Å²) in [5, 5.41) is 0. The highest BCUT2D eigenvalue weighted by molar-refractivity contribution is 7.92. The standard InChI is InChI=1S/C34H41N7O4S/c1-22-10-8-11-23(2)31(22)28-17-30-38-33(37-28)39-46(43,44)27-13-9-12-24(16-27)32(42)41(26(21-45-30)14-15-34(3,4)5)20-25-18-35-19-29(36-25)40(6)7/h8-13,16-19,26H,14-15,20-21H2,1-7H3,(H,37,38,39)/t26-/m1/s1. The fourth-order valence-corrected chi connectivity index (χ4v) is 6.36. The van der Waals surface area contributed by atoms with Crippen molar-refractivity contribution in [2.45, 2.75) is 64.9 Å². The Morgan fingerprint density at radius 1 is 1.00 bits per heavy atom. The van der Waals surface area contributed by atoms with E-state index < -0.39 is 16.1 Å². The van der Waals surface area contributed by atoms with Gasteiger partial charge in [0.15, 0.2) is 0 Å². The number of carbonyl (C=O) groups is 1. The molecule has 0 saturated carbocycles. The van der Waals surface area contributed by atoms with E-state index in [0.29, 0.717) is 23.6 Å². The highest BCUT2D eigenvalue weighted by Gasteiger charge is 2.30. The first-order valence-corrected chi connectivity index (χ1v) is 16.7. The molecule has 0 saturated heterocycles.